The largest absolute Gasteiger partial charge is 0.444 e. The average Bonchev–Trinajstić information content (AvgIpc) is 2.48. The Balaban J connectivity index is 1.78. The number of carbonyl (C=O) groups is 1. The van der Waals surface area contributed by atoms with Crippen LogP contribution < -0.4 is 5.32 Å². The normalized spacial score (nSPS) is 25.0. The Morgan fingerprint density at radius 2 is 2.00 bits per heavy atom. The molecule has 0 saturated carbocycles. The third kappa shape index (κ3) is 3.29. The summed E-state index contributed by atoms with van der Waals surface area (Å²) >= 11 is 0. The molecular formula is C18H27N3O2. The van der Waals surface area contributed by atoms with E-state index in [-0.39, 0.29) is 11.6 Å². The number of likely N-dealkylation sites (N-methyl/N-ethyl adjacent to an activating group) is 1. The molecule has 126 valence electrons. The number of carbonyl (C=O) groups excluding carboxylic acids is 1. The molecule has 2 aliphatic rings. The van der Waals surface area contributed by atoms with Gasteiger partial charge in [0.1, 0.15) is 5.60 Å². The standard InChI is InChI=1S/C18H27N3O2/c1-17(2,3)23-16(22)21-10-9-20(4)18(13-21)11-14-7-5-6-8-15(14)19-12-18/h5-8,19H,9-13H2,1-4H3. The van der Waals surface area contributed by atoms with Crippen molar-refractivity contribution in [2.45, 2.75) is 38.3 Å². The second-order valence-corrected chi connectivity index (χ2v) is 7.74. The SMILES string of the molecule is CN1CCN(C(=O)OC(C)(C)C)CC12CNc1ccccc1C2. The maximum atomic E-state index is 12.5. The van der Waals surface area contributed by atoms with Crippen LogP contribution in [0.1, 0.15) is 26.3 Å². The van der Waals surface area contributed by atoms with Gasteiger partial charge in [-0.05, 0) is 45.9 Å². The quantitative estimate of drug-likeness (QED) is 0.799. The van der Waals surface area contributed by atoms with Gasteiger partial charge in [0.2, 0.25) is 0 Å². The van der Waals surface area contributed by atoms with Crippen molar-refractivity contribution in [3.63, 3.8) is 0 Å². The van der Waals surface area contributed by atoms with Crippen LogP contribution in [-0.2, 0) is 11.2 Å². The van der Waals surface area contributed by atoms with E-state index in [0.29, 0.717) is 6.54 Å². The maximum absolute atomic E-state index is 12.5. The van der Waals surface area contributed by atoms with E-state index in [4.69, 9.17) is 4.74 Å². The van der Waals surface area contributed by atoms with Crippen LogP contribution in [0, 0.1) is 0 Å². The van der Waals surface area contributed by atoms with Crippen molar-refractivity contribution in [3.05, 3.63) is 29.8 Å². The number of amides is 1. The van der Waals surface area contributed by atoms with Gasteiger partial charge in [-0.15, -0.1) is 0 Å². The van der Waals surface area contributed by atoms with E-state index in [1.165, 1.54) is 11.3 Å². The predicted molar refractivity (Wildman–Crippen MR) is 91.8 cm³/mol. The molecule has 1 unspecified atom stereocenters. The van der Waals surface area contributed by atoms with Crippen LogP contribution in [0.15, 0.2) is 24.3 Å². The van der Waals surface area contributed by atoms with Gasteiger partial charge in [0.15, 0.2) is 0 Å². The molecule has 0 aliphatic carbocycles. The summed E-state index contributed by atoms with van der Waals surface area (Å²) in [5.74, 6) is 0. The number of fused-ring (bicyclic) bond motifs is 1. The van der Waals surface area contributed by atoms with Gasteiger partial charge in [-0.2, -0.15) is 0 Å². The Morgan fingerprint density at radius 1 is 1.26 bits per heavy atom. The van der Waals surface area contributed by atoms with E-state index in [1.54, 1.807) is 0 Å². The van der Waals surface area contributed by atoms with Crippen LogP contribution in [0.4, 0.5) is 10.5 Å². The maximum Gasteiger partial charge on any atom is 0.410 e. The van der Waals surface area contributed by atoms with Crippen molar-refractivity contribution in [2.24, 2.45) is 0 Å². The first kappa shape index (κ1) is 16.1. The second kappa shape index (κ2) is 5.71. The molecule has 1 aromatic rings. The highest BCUT2D eigenvalue weighted by Gasteiger charge is 2.44. The summed E-state index contributed by atoms with van der Waals surface area (Å²) in [5, 5.41) is 3.54. The molecule has 3 rings (SSSR count). The zero-order valence-corrected chi connectivity index (χ0v) is 14.6. The summed E-state index contributed by atoms with van der Waals surface area (Å²) in [6.45, 7) is 8.86. The van der Waals surface area contributed by atoms with E-state index in [0.717, 1.165) is 26.1 Å². The number of anilines is 1. The first-order chi connectivity index (χ1) is 10.8. The number of hydrogen-bond donors (Lipinski definition) is 1. The molecule has 1 N–H and O–H groups in total. The Labute approximate surface area is 138 Å². The van der Waals surface area contributed by atoms with Gasteiger partial charge in [-0.25, -0.2) is 4.79 Å². The zero-order chi connectivity index (χ0) is 16.7. The highest BCUT2D eigenvalue weighted by atomic mass is 16.6. The molecule has 2 aliphatic heterocycles. The number of benzene rings is 1. The van der Waals surface area contributed by atoms with Gasteiger partial charge in [0.05, 0.1) is 5.54 Å². The van der Waals surface area contributed by atoms with Gasteiger partial charge >= 0.3 is 6.09 Å². The fourth-order valence-corrected chi connectivity index (χ4v) is 3.45. The van der Waals surface area contributed by atoms with Gasteiger partial charge in [0.25, 0.3) is 0 Å². The third-order valence-corrected chi connectivity index (χ3v) is 4.80. The number of para-hydroxylation sites is 1. The molecule has 1 fully saturated rings. The lowest BCUT2D eigenvalue weighted by atomic mass is 9.83. The third-order valence-electron chi connectivity index (χ3n) is 4.80. The molecular weight excluding hydrogens is 290 g/mol. The Kier molecular flexibility index (Phi) is 4.00. The highest BCUT2D eigenvalue weighted by molar-refractivity contribution is 5.68. The lowest BCUT2D eigenvalue weighted by Crippen LogP contribution is -2.67. The molecule has 0 bridgehead atoms. The predicted octanol–water partition coefficient (Wildman–Crippen LogP) is 2.58. The first-order valence-electron chi connectivity index (χ1n) is 8.30. The van der Waals surface area contributed by atoms with E-state index in [1.807, 2.05) is 25.7 Å². The van der Waals surface area contributed by atoms with Crippen molar-refractivity contribution >= 4 is 11.8 Å². The van der Waals surface area contributed by atoms with Gasteiger partial charge in [-0.1, -0.05) is 18.2 Å². The molecule has 1 atom stereocenters. The van der Waals surface area contributed by atoms with Crippen molar-refractivity contribution in [2.75, 3.05) is 38.5 Å². The van der Waals surface area contributed by atoms with Crippen molar-refractivity contribution in [3.8, 4) is 0 Å². The molecule has 1 spiro atoms. The van der Waals surface area contributed by atoms with E-state index >= 15 is 0 Å². The first-order valence-corrected chi connectivity index (χ1v) is 8.30. The molecule has 1 amide bonds. The second-order valence-electron chi connectivity index (χ2n) is 7.74. The van der Waals surface area contributed by atoms with E-state index in [2.05, 4.69) is 41.5 Å². The van der Waals surface area contributed by atoms with Crippen LogP contribution in [0.5, 0.6) is 0 Å². The van der Waals surface area contributed by atoms with E-state index in [9.17, 15) is 4.79 Å². The lowest BCUT2D eigenvalue weighted by molar-refractivity contribution is -0.0145. The van der Waals surface area contributed by atoms with Crippen LogP contribution >= 0.6 is 0 Å². The minimum Gasteiger partial charge on any atom is -0.444 e. The number of ether oxygens (including phenoxy) is 1. The topological polar surface area (TPSA) is 44.8 Å². The number of rotatable bonds is 0. The Hall–Kier alpha value is -1.75. The van der Waals surface area contributed by atoms with Gasteiger partial charge in [0, 0.05) is 31.9 Å². The summed E-state index contributed by atoms with van der Waals surface area (Å²) in [6, 6.07) is 8.43. The minimum atomic E-state index is -0.453. The van der Waals surface area contributed by atoms with E-state index < -0.39 is 5.60 Å². The number of hydrogen-bond acceptors (Lipinski definition) is 4. The van der Waals surface area contributed by atoms with Crippen molar-refractivity contribution in [1.82, 2.24) is 9.80 Å². The Bertz CT molecular complexity index is 596. The monoisotopic (exact) mass is 317 g/mol. The number of nitrogens with zero attached hydrogens (tertiary/aromatic N) is 2. The van der Waals surface area contributed by atoms with Gasteiger partial charge in [-0.3, -0.25) is 4.90 Å². The van der Waals surface area contributed by atoms with Crippen LogP contribution in [0.25, 0.3) is 0 Å². The number of nitrogens with one attached hydrogen (secondary N) is 1. The molecule has 0 radical (unpaired) electrons. The van der Waals surface area contributed by atoms with Crippen LogP contribution in [-0.4, -0.2) is 60.3 Å². The van der Waals surface area contributed by atoms with Crippen molar-refractivity contribution in [1.29, 1.82) is 0 Å². The molecule has 2 heterocycles. The van der Waals surface area contributed by atoms with Crippen LogP contribution in [0.3, 0.4) is 0 Å². The van der Waals surface area contributed by atoms with Crippen LogP contribution in [0.2, 0.25) is 0 Å². The summed E-state index contributed by atoms with van der Waals surface area (Å²) < 4.78 is 5.56. The fraction of sp³-hybridized carbons (Fsp3) is 0.611. The summed E-state index contributed by atoms with van der Waals surface area (Å²) in [5.41, 5.74) is 2.01. The summed E-state index contributed by atoms with van der Waals surface area (Å²) in [6.07, 6.45) is 0.746. The zero-order valence-electron chi connectivity index (χ0n) is 14.6. The minimum absolute atomic E-state index is 0.0660. The number of piperazine rings is 1. The summed E-state index contributed by atoms with van der Waals surface area (Å²) in [4.78, 5) is 16.7. The molecule has 5 nitrogen and oxygen atoms in total. The fourth-order valence-electron chi connectivity index (χ4n) is 3.45. The van der Waals surface area contributed by atoms with Gasteiger partial charge < -0.3 is 15.0 Å². The molecule has 1 aromatic carbocycles. The summed E-state index contributed by atoms with van der Waals surface area (Å²) in [7, 11) is 2.15. The molecule has 5 heteroatoms. The molecule has 1 saturated heterocycles. The molecule has 23 heavy (non-hydrogen) atoms. The lowest BCUT2D eigenvalue weighted by Gasteiger charge is -2.51. The van der Waals surface area contributed by atoms with Crippen molar-refractivity contribution < 1.29 is 9.53 Å². The smallest absolute Gasteiger partial charge is 0.410 e. The average molecular weight is 317 g/mol. The Morgan fingerprint density at radius 3 is 2.74 bits per heavy atom. The molecule has 0 aromatic heterocycles. The highest BCUT2D eigenvalue weighted by Crippen LogP contribution is 2.33.